The second-order valence-electron chi connectivity index (χ2n) is 7.68. The van der Waals surface area contributed by atoms with Crippen LogP contribution < -0.4 is 10.1 Å². The summed E-state index contributed by atoms with van der Waals surface area (Å²) in [5, 5.41) is 5.24. The van der Waals surface area contributed by atoms with Gasteiger partial charge in [0.25, 0.3) is 0 Å². The van der Waals surface area contributed by atoms with Crippen LogP contribution in [0.15, 0.2) is 48.5 Å². The normalized spacial score (nSPS) is 17.4. The second-order valence-corrected chi connectivity index (χ2v) is 8.09. The number of halogens is 1. The number of anilines is 2. The molecule has 3 aromatic rings. The van der Waals surface area contributed by atoms with E-state index in [4.69, 9.17) is 21.3 Å². The molecule has 138 valence electrons. The van der Waals surface area contributed by atoms with Crippen molar-refractivity contribution in [3.63, 3.8) is 0 Å². The number of rotatable bonds is 5. The van der Waals surface area contributed by atoms with E-state index < -0.39 is 0 Å². The lowest BCUT2D eigenvalue weighted by atomic mass is 10.1. The Kier molecular flexibility index (Phi) is 4.41. The Bertz CT molecular complexity index is 977. The Hall–Kier alpha value is -2.26. The molecule has 1 N–H and O–H groups in total. The van der Waals surface area contributed by atoms with Crippen LogP contribution in [0.1, 0.15) is 50.0 Å². The van der Waals surface area contributed by atoms with Crippen LogP contribution in [-0.2, 0) is 0 Å². The molecule has 0 aliphatic heterocycles. The molecule has 2 aliphatic rings. The minimum Gasteiger partial charge on any atom is -0.490 e. The van der Waals surface area contributed by atoms with E-state index >= 15 is 0 Å². The lowest BCUT2D eigenvalue weighted by Gasteiger charge is -2.17. The highest BCUT2D eigenvalue weighted by Gasteiger charge is 2.27. The number of para-hydroxylation sites is 1. The summed E-state index contributed by atoms with van der Waals surface area (Å²) in [7, 11) is 0. The van der Waals surface area contributed by atoms with Crippen molar-refractivity contribution in [2.24, 2.45) is 0 Å². The van der Waals surface area contributed by atoms with E-state index in [2.05, 4.69) is 29.6 Å². The van der Waals surface area contributed by atoms with E-state index in [1.165, 1.54) is 44.1 Å². The van der Waals surface area contributed by atoms with Gasteiger partial charge in [-0.15, -0.1) is 0 Å². The van der Waals surface area contributed by atoms with E-state index in [-0.39, 0.29) is 0 Å². The van der Waals surface area contributed by atoms with Gasteiger partial charge in [-0.05, 0) is 86.4 Å². The van der Waals surface area contributed by atoms with Crippen LogP contribution in [0, 0.1) is 0 Å². The molecule has 3 nitrogen and oxygen atoms in total. The number of hydrogen-bond donors (Lipinski definition) is 1. The van der Waals surface area contributed by atoms with Gasteiger partial charge in [-0.2, -0.15) is 0 Å². The molecular formula is C23H23ClN2O. The molecule has 2 aromatic carbocycles. The number of nitrogens with one attached hydrogen (secondary N) is 1. The Labute approximate surface area is 164 Å². The highest BCUT2D eigenvalue weighted by Crippen LogP contribution is 2.45. The Morgan fingerprint density at radius 1 is 0.963 bits per heavy atom. The zero-order valence-corrected chi connectivity index (χ0v) is 16.0. The first-order valence-corrected chi connectivity index (χ1v) is 10.3. The molecule has 5 rings (SSSR count). The Balaban J connectivity index is 1.43. The Morgan fingerprint density at radius 2 is 1.81 bits per heavy atom. The summed E-state index contributed by atoms with van der Waals surface area (Å²) < 4.78 is 6.21. The lowest BCUT2D eigenvalue weighted by molar-refractivity contribution is 0.210. The highest BCUT2D eigenvalue weighted by molar-refractivity contribution is 6.35. The SMILES string of the molecule is Clc1cccc2ccc(Nc3ccc(OC4CCCC4)cc3C3CC3)nc12. The summed E-state index contributed by atoms with van der Waals surface area (Å²) in [4.78, 5) is 4.72. The van der Waals surface area contributed by atoms with Crippen molar-refractivity contribution in [1.29, 1.82) is 0 Å². The fraction of sp³-hybridized carbons (Fsp3) is 0.348. The molecule has 27 heavy (non-hydrogen) atoms. The summed E-state index contributed by atoms with van der Waals surface area (Å²) in [6.07, 6.45) is 7.82. The minimum absolute atomic E-state index is 0.389. The van der Waals surface area contributed by atoms with Crippen molar-refractivity contribution in [3.8, 4) is 5.75 Å². The average Bonchev–Trinajstić information content (AvgIpc) is 3.40. The van der Waals surface area contributed by atoms with Gasteiger partial charge in [0.05, 0.1) is 16.6 Å². The third-order valence-corrected chi connectivity index (χ3v) is 5.88. The first kappa shape index (κ1) is 16.9. The molecule has 0 unspecified atom stereocenters. The van der Waals surface area contributed by atoms with Gasteiger partial charge in [-0.25, -0.2) is 4.98 Å². The number of benzene rings is 2. The molecule has 0 bridgehead atoms. The molecule has 2 saturated carbocycles. The van der Waals surface area contributed by atoms with Crippen LogP contribution in [0.5, 0.6) is 5.75 Å². The molecule has 0 spiro atoms. The van der Waals surface area contributed by atoms with Crippen molar-refractivity contribution in [2.45, 2.75) is 50.5 Å². The zero-order valence-electron chi connectivity index (χ0n) is 15.2. The fourth-order valence-corrected chi connectivity index (χ4v) is 4.20. The van der Waals surface area contributed by atoms with E-state index in [1.54, 1.807) is 0 Å². The Morgan fingerprint density at radius 3 is 2.63 bits per heavy atom. The number of aromatic nitrogens is 1. The molecule has 0 atom stereocenters. The predicted molar refractivity (Wildman–Crippen MR) is 111 cm³/mol. The molecule has 0 radical (unpaired) electrons. The molecule has 4 heteroatoms. The molecular weight excluding hydrogens is 356 g/mol. The number of fused-ring (bicyclic) bond motifs is 1. The zero-order chi connectivity index (χ0) is 18.2. The van der Waals surface area contributed by atoms with Crippen LogP contribution >= 0.6 is 11.6 Å². The van der Waals surface area contributed by atoms with Crippen LogP contribution in [0.4, 0.5) is 11.5 Å². The van der Waals surface area contributed by atoms with E-state index in [0.29, 0.717) is 17.0 Å². The van der Waals surface area contributed by atoms with E-state index in [1.807, 2.05) is 24.3 Å². The van der Waals surface area contributed by atoms with Gasteiger partial charge in [0.2, 0.25) is 0 Å². The van der Waals surface area contributed by atoms with Gasteiger partial charge in [0.1, 0.15) is 11.6 Å². The first-order valence-electron chi connectivity index (χ1n) is 9.89. The van der Waals surface area contributed by atoms with Crippen LogP contribution in [-0.4, -0.2) is 11.1 Å². The molecule has 2 fully saturated rings. The van der Waals surface area contributed by atoms with E-state index in [0.717, 1.165) is 28.2 Å². The van der Waals surface area contributed by atoms with Crippen LogP contribution in [0.3, 0.4) is 0 Å². The highest BCUT2D eigenvalue weighted by atomic mass is 35.5. The lowest BCUT2D eigenvalue weighted by Crippen LogP contribution is -2.11. The smallest absolute Gasteiger partial charge is 0.131 e. The molecule has 0 saturated heterocycles. The van der Waals surface area contributed by atoms with Gasteiger partial charge in [0, 0.05) is 11.1 Å². The molecule has 1 heterocycles. The van der Waals surface area contributed by atoms with Crippen LogP contribution in [0.25, 0.3) is 10.9 Å². The topological polar surface area (TPSA) is 34.1 Å². The predicted octanol–water partition coefficient (Wildman–Crippen LogP) is 6.83. The van der Waals surface area contributed by atoms with Crippen molar-refractivity contribution < 1.29 is 4.74 Å². The maximum atomic E-state index is 6.32. The van der Waals surface area contributed by atoms with Gasteiger partial charge < -0.3 is 10.1 Å². The number of hydrogen-bond acceptors (Lipinski definition) is 3. The van der Waals surface area contributed by atoms with Crippen molar-refractivity contribution in [1.82, 2.24) is 4.98 Å². The maximum Gasteiger partial charge on any atom is 0.131 e. The van der Waals surface area contributed by atoms with Crippen molar-refractivity contribution in [3.05, 3.63) is 59.1 Å². The molecule has 2 aliphatic carbocycles. The van der Waals surface area contributed by atoms with Gasteiger partial charge in [-0.1, -0.05) is 23.7 Å². The third-order valence-electron chi connectivity index (χ3n) is 5.58. The average molecular weight is 379 g/mol. The van der Waals surface area contributed by atoms with Gasteiger partial charge in [-0.3, -0.25) is 0 Å². The summed E-state index contributed by atoms with van der Waals surface area (Å²) in [6, 6.07) is 16.4. The molecule has 0 amide bonds. The van der Waals surface area contributed by atoms with Gasteiger partial charge >= 0.3 is 0 Å². The number of pyridine rings is 1. The third kappa shape index (κ3) is 3.61. The number of ether oxygens (including phenoxy) is 1. The van der Waals surface area contributed by atoms with Crippen LogP contribution in [0.2, 0.25) is 5.02 Å². The maximum absolute atomic E-state index is 6.32. The summed E-state index contributed by atoms with van der Waals surface area (Å²) in [5.74, 6) is 2.45. The fourth-order valence-electron chi connectivity index (χ4n) is 3.98. The second kappa shape index (κ2) is 7.05. The first-order chi connectivity index (χ1) is 13.3. The molecule has 1 aromatic heterocycles. The summed E-state index contributed by atoms with van der Waals surface area (Å²) in [5.41, 5.74) is 3.29. The summed E-state index contributed by atoms with van der Waals surface area (Å²) >= 11 is 6.32. The standard InChI is InChI=1S/C23H23ClN2O/c24-20-7-3-4-16-10-13-22(26-23(16)20)25-21-12-11-18(14-19(21)15-8-9-15)27-17-5-1-2-6-17/h3-4,7,10-15,17H,1-2,5-6,8-9H2,(H,25,26). The summed E-state index contributed by atoms with van der Waals surface area (Å²) in [6.45, 7) is 0. The van der Waals surface area contributed by atoms with E-state index in [9.17, 15) is 0 Å². The van der Waals surface area contributed by atoms with Crippen molar-refractivity contribution >= 4 is 34.0 Å². The quantitative estimate of drug-likeness (QED) is 0.528. The minimum atomic E-state index is 0.389. The largest absolute Gasteiger partial charge is 0.490 e. The number of nitrogens with zero attached hydrogens (tertiary/aromatic N) is 1. The van der Waals surface area contributed by atoms with Crippen molar-refractivity contribution in [2.75, 3.05) is 5.32 Å². The monoisotopic (exact) mass is 378 g/mol. The van der Waals surface area contributed by atoms with Gasteiger partial charge in [0.15, 0.2) is 0 Å².